The number of methoxy groups -OCH3 is 2. The molecule has 1 heterocycles. The molecule has 0 spiro atoms. The number of rotatable bonds is 5. The number of benzene rings is 1. The smallest absolute Gasteiger partial charge is 0.251 e. The van der Waals surface area contributed by atoms with E-state index in [0.717, 1.165) is 17.1 Å². The Morgan fingerprint density at radius 3 is 2.19 bits per heavy atom. The number of amides is 1. The summed E-state index contributed by atoms with van der Waals surface area (Å²) in [6.07, 6.45) is 0. The van der Waals surface area contributed by atoms with E-state index in [-0.39, 0.29) is 5.91 Å². The number of furan rings is 1. The summed E-state index contributed by atoms with van der Waals surface area (Å²) >= 11 is 0. The molecule has 0 radical (unpaired) electrons. The second-order valence-corrected chi connectivity index (χ2v) is 4.72. The largest absolute Gasteiger partial charge is 0.497 e. The Bertz CT molecular complexity index is 623. The van der Waals surface area contributed by atoms with Crippen molar-refractivity contribution in [2.45, 2.75) is 20.4 Å². The minimum atomic E-state index is -0.189. The van der Waals surface area contributed by atoms with Crippen molar-refractivity contribution in [1.82, 2.24) is 5.32 Å². The van der Waals surface area contributed by atoms with Gasteiger partial charge in [0.2, 0.25) is 0 Å². The summed E-state index contributed by atoms with van der Waals surface area (Å²) in [6, 6.07) is 6.98. The quantitative estimate of drug-likeness (QED) is 0.919. The topological polar surface area (TPSA) is 60.7 Å². The lowest BCUT2D eigenvalue weighted by Gasteiger charge is -2.09. The van der Waals surface area contributed by atoms with Gasteiger partial charge in [-0.2, -0.15) is 0 Å². The molecule has 0 aliphatic heterocycles. The Labute approximate surface area is 123 Å². The number of carbonyl (C=O) groups excluding carboxylic acids is 1. The fourth-order valence-electron chi connectivity index (χ4n) is 2.08. The molecule has 1 N–H and O–H groups in total. The highest BCUT2D eigenvalue weighted by atomic mass is 16.5. The molecule has 1 aromatic carbocycles. The summed E-state index contributed by atoms with van der Waals surface area (Å²) in [5.74, 6) is 2.62. The Morgan fingerprint density at radius 2 is 1.71 bits per heavy atom. The molecule has 2 aromatic rings. The van der Waals surface area contributed by atoms with Crippen LogP contribution in [0.4, 0.5) is 0 Å². The Kier molecular flexibility index (Phi) is 4.52. The van der Waals surface area contributed by atoms with Crippen molar-refractivity contribution in [3.8, 4) is 11.5 Å². The lowest BCUT2D eigenvalue weighted by atomic mass is 10.1. The summed E-state index contributed by atoms with van der Waals surface area (Å²) in [6.45, 7) is 4.18. The van der Waals surface area contributed by atoms with E-state index in [2.05, 4.69) is 5.32 Å². The van der Waals surface area contributed by atoms with Crippen molar-refractivity contribution in [3.63, 3.8) is 0 Å². The van der Waals surface area contributed by atoms with E-state index in [4.69, 9.17) is 13.9 Å². The van der Waals surface area contributed by atoms with Crippen LogP contribution in [0.25, 0.3) is 0 Å². The van der Waals surface area contributed by atoms with Crippen molar-refractivity contribution in [2.24, 2.45) is 0 Å². The SMILES string of the molecule is COc1cc(OC)cc(C(=O)NCc2cc(C)oc2C)c1. The Morgan fingerprint density at radius 1 is 1.10 bits per heavy atom. The fourth-order valence-corrected chi connectivity index (χ4v) is 2.08. The van der Waals surface area contributed by atoms with Gasteiger partial charge < -0.3 is 19.2 Å². The predicted molar refractivity (Wildman–Crippen MR) is 78.9 cm³/mol. The van der Waals surface area contributed by atoms with Crippen molar-refractivity contribution < 1.29 is 18.7 Å². The van der Waals surface area contributed by atoms with Gasteiger partial charge in [-0.25, -0.2) is 0 Å². The van der Waals surface area contributed by atoms with Crippen LogP contribution < -0.4 is 14.8 Å². The molecule has 2 rings (SSSR count). The van der Waals surface area contributed by atoms with E-state index in [1.165, 1.54) is 0 Å². The van der Waals surface area contributed by atoms with Crippen molar-refractivity contribution in [2.75, 3.05) is 14.2 Å². The van der Waals surface area contributed by atoms with Gasteiger partial charge >= 0.3 is 0 Å². The molecule has 112 valence electrons. The van der Waals surface area contributed by atoms with Crippen LogP contribution in [0.15, 0.2) is 28.7 Å². The number of carbonyl (C=O) groups is 1. The molecule has 0 unspecified atom stereocenters. The zero-order valence-corrected chi connectivity index (χ0v) is 12.6. The molecule has 1 amide bonds. The monoisotopic (exact) mass is 289 g/mol. The van der Waals surface area contributed by atoms with Crippen LogP contribution >= 0.6 is 0 Å². The molecular formula is C16H19NO4. The van der Waals surface area contributed by atoms with Gasteiger partial charge in [-0.3, -0.25) is 4.79 Å². The second-order valence-electron chi connectivity index (χ2n) is 4.72. The number of ether oxygens (including phenoxy) is 2. The lowest BCUT2D eigenvalue weighted by Crippen LogP contribution is -2.23. The van der Waals surface area contributed by atoms with Crippen molar-refractivity contribution in [3.05, 3.63) is 46.9 Å². The molecule has 0 aliphatic rings. The average Bonchev–Trinajstić information content (AvgIpc) is 2.81. The Balaban J connectivity index is 2.11. The van der Waals surface area contributed by atoms with E-state index in [0.29, 0.717) is 23.6 Å². The van der Waals surface area contributed by atoms with Gasteiger partial charge in [0.05, 0.1) is 14.2 Å². The normalized spacial score (nSPS) is 10.3. The first kappa shape index (κ1) is 15.0. The number of hydrogen-bond acceptors (Lipinski definition) is 4. The molecule has 0 saturated carbocycles. The van der Waals surface area contributed by atoms with Gasteiger partial charge in [-0.15, -0.1) is 0 Å². The third-order valence-corrected chi connectivity index (χ3v) is 3.20. The molecule has 1 aromatic heterocycles. The molecule has 0 aliphatic carbocycles. The molecule has 5 nitrogen and oxygen atoms in total. The third kappa shape index (κ3) is 3.56. The van der Waals surface area contributed by atoms with Gasteiger partial charge in [-0.1, -0.05) is 0 Å². The number of nitrogens with one attached hydrogen (secondary N) is 1. The number of aryl methyl sites for hydroxylation is 2. The highest BCUT2D eigenvalue weighted by Crippen LogP contribution is 2.22. The minimum Gasteiger partial charge on any atom is -0.497 e. The van der Waals surface area contributed by atoms with Gasteiger partial charge in [0.15, 0.2) is 0 Å². The second kappa shape index (κ2) is 6.35. The maximum Gasteiger partial charge on any atom is 0.251 e. The predicted octanol–water partition coefficient (Wildman–Crippen LogP) is 2.84. The standard InChI is InChI=1S/C16H19NO4/c1-10-5-13(11(2)21-10)9-17-16(18)12-6-14(19-3)8-15(7-12)20-4/h5-8H,9H2,1-4H3,(H,17,18). The van der Waals surface area contributed by atoms with Gasteiger partial charge in [0, 0.05) is 23.7 Å². The first-order chi connectivity index (χ1) is 10.0. The van der Waals surface area contributed by atoms with Crippen LogP contribution in [0.5, 0.6) is 11.5 Å². The van der Waals surface area contributed by atoms with Crippen LogP contribution in [0.1, 0.15) is 27.4 Å². The molecule has 0 bridgehead atoms. The van der Waals surface area contributed by atoms with E-state index in [9.17, 15) is 4.79 Å². The average molecular weight is 289 g/mol. The van der Waals surface area contributed by atoms with E-state index in [1.54, 1.807) is 32.4 Å². The van der Waals surface area contributed by atoms with Gasteiger partial charge in [0.25, 0.3) is 5.91 Å². The molecule has 0 fully saturated rings. The zero-order valence-electron chi connectivity index (χ0n) is 12.6. The fraction of sp³-hybridized carbons (Fsp3) is 0.312. The van der Waals surface area contributed by atoms with E-state index < -0.39 is 0 Å². The van der Waals surface area contributed by atoms with Crippen LogP contribution in [0, 0.1) is 13.8 Å². The highest BCUT2D eigenvalue weighted by Gasteiger charge is 2.11. The molecule has 0 saturated heterocycles. The first-order valence-electron chi connectivity index (χ1n) is 6.60. The van der Waals surface area contributed by atoms with Crippen LogP contribution in [-0.2, 0) is 6.54 Å². The summed E-state index contributed by atoms with van der Waals surface area (Å²) < 4.78 is 15.7. The highest BCUT2D eigenvalue weighted by molar-refractivity contribution is 5.95. The zero-order chi connectivity index (χ0) is 15.4. The van der Waals surface area contributed by atoms with Crippen molar-refractivity contribution >= 4 is 5.91 Å². The first-order valence-corrected chi connectivity index (χ1v) is 6.60. The summed E-state index contributed by atoms with van der Waals surface area (Å²) in [5, 5.41) is 2.86. The summed E-state index contributed by atoms with van der Waals surface area (Å²) in [5.41, 5.74) is 1.46. The maximum absolute atomic E-state index is 12.2. The maximum atomic E-state index is 12.2. The Hall–Kier alpha value is -2.43. The van der Waals surface area contributed by atoms with Crippen molar-refractivity contribution in [1.29, 1.82) is 0 Å². The van der Waals surface area contributed by atoms with Crippen LogP contribution in [0.3, 0.4) is 0 Å². The molecular weight excluding hydrogens is 270 g/mol. The lowest BCUT2D eigenvalue weighted by molar-refractivity contribution is 0.0950. The summed E-state index contributed by atoms with van der Waals surface area (Å²) in [4.78, 5) is 12.2. The van der Waals surface area contributed by atoms with Gasteiger partial charge in [-0.05, 0) is 32.0 Å². The number of hydrogen-bond donors (Lipinski definition) is 1. The van der Waals surface area contributed by atoms with E-state index >= 15 is 0 Å². The van der Waals surface area contributed by atoms with E-state index in [1.807, 2.05) is 19.9 Å². The minimum absolute atomic E-state index is 0.189. The molecule has 21 heavy (non-hydrogen) atoms. The molecule has 5 heteroatoms. The van der Waals surface area contributed by atoms with Gasteiger partial charge in [0.1, 0.15) is 23.0 Å². The molecule has 0 atom stereocenters. The van der Waals surface area contributed by atoms with Crippen LogP contribution in [0.2, 0.25) is 0 Å². The third-order valence-electron chi connectivity index (χ3n) is 3.20. The summed E-state index contributed by atoms with van der Waals surface area (Å²) in [7, 11) is 3.10. The van der Waals surface area contributed by atoms with Crippen LogP contribution in [-0.4, -0.2) is 20.1 Å².